The second-order valence-electron chi connectivity index (χ2n) is 12.3. The van der Waals surface area contributed by atoms with Crippen LogP contribution < -0.4 is 10.9 Å². The molecule has 2 aliphatic rings. The molecular weight excluding hydrogens is 446 g/mol. The number of fused-ring (bicyclic) bond motifs is 6. The number of benzene rings is 4. The lowest BCUT2D eigenvalue weighted by molar-refractivity contribution is 0.00578. The van der Waals surface area contributed by atoms with Crippen LogP contribution in [0.3, 0.4) is 0 Å². The molecule has 184 valence electrons. The minimum absolute atomic E-state index is 0.379. The fourth-order valence-corrected chi connectivity index (χ4v) is 5.24. The van der Waals surface area contributed by atoms with Gasteiger partial charge in [-0.15, -0.1) is 0 Å². The summed E-state index contributed by atoms with van der Waals surface area (Å²) in [7, 11) is -0.796. The lowest BCUT2D eigenvalue weighted by Crippen LogP contribution is -2.41. The summed E-state index contributed by atoms with van der Waals surface area (Å²) in [6, 6.07) is 21.8. The van der Waals surface area contributed by atoms with Crippen LogP contribution in [0.25, 0.3) is 32.3 Å². The van der Waals surface area contributed by atoms with Crippen molar-refractivity contribution in [3.8, 4) is 0 Å². The first-order valence-corrected chi connectivity index (χ1v) is 12.9. The van der Waals surface area contributed by atoms with E-state index in [1.54, 1.807) is 0 Å². The molecule has 6 heteroatoms. The van der Waals surface area contributed by atoms with Crippen molar-refractivity contribution in [3.63, 3.8) is 0 Å². The van der Waals surface area contributed by atoms with E-state index in [9.17, 15) is 0 Å². The van der Waals surface area contributed by atoms with Gasteiger partial charge in [0.05, 0.1) is 22.4 Å². The first kappa shape index (κ1) is 24.0. The van der Waals surface area contributed by atoms with Crippen LogP contribution in [0.15, 0.2) is 60.7 Å². The van der Waals surface area contributed by atoms with Gasteiger partial charge in [0.2, 0.25) is 0 Å². The zero-order valence-electron chi connectivity index (χ0n) is 22.6. The number of hydrogen-bond donors (Lipinski definition) is 0. The molecule has 0 atom stereocenters. The fraction of sp³-hybridized carbons (Fsp3) is 0.400. The molecule has 0 N–H and O–H groups in total. The summed E-state index contributed by atoms with van der Waals surface area (Å²) in [5.74, 6) is 0. The second-order valence-corrected chi connectivity index (χ2v) is 12.3. The zero-order valence-corrected chi connectivity index (χ0v) is 22.6. The number of hydrogen-bond acceptors (Lipinski definition) is 4. The molecule has 0 unspecified atom stereocenters. The smallest absolute Gasteiger partial charge is 0.399 e. The lowest BCUT2D eigenvalue weighted by Gasteiger charge is -2.32. The van der Waals surface area contributed by atoms with Gasteiger partial charge in [0.15, 0.2) is 0 Å². The van der Waals surface area contributed by atoms with E-state index >= 15 is 0 Å². The Morgan fingerprint density at radius 1 is 0.417 bits per heavy atom. The van der Waals surface area contributed by atoms with Crippen molar-refractivity contribution in [3.05, 3.63) is 60.7 Å². The highest BCUT2D eigenvalue weighted by atomic mass is 16.7. The zero-order chi connectivity index (χ0) is 25.7. The molecule has 2 saturated heterocycles. The minimum atomic E-state index is -0.398. The molecular formula is C30H34B2O4. The van der Waals surface area contributed by atoms with Crippen LogP contribution in [0, 0.1) is 0 Å². The maximum Gasteiger partial charge on any atom is 0.494 e. The molecule has 0 aliphatic carbocycles. The van der Waals surface area contributed by atoms with Crippen LogP contribution in [0.1, 0.15) is 55.4 Å². The van der Waals surface area contributed by atoms with Gasteiger partial charge in [0, 0.05) is 0 Å². The van der Waals surface area contributed by atoms with Gasteiger partial charge in [-0.3, -0.25) is 0 Å². The van der Waals surface area contributed by atoms with Crippen LogP contribution in [-0.4, -0.2) is 36.6 Å². The maximum absolute atomic E-state index is 6.37. The van der Waals surface area contributed by atoms with Gasteiger partial charge in [-0.2, -0.15) is 0 Å². The van der Waals surface area contributed by atoms with Gasteiger partial charge in [-0.1, -0.05) is 60.7 Å². The van der Waals surface area contributed by atoms with Gasteiger partial charge in [0.1, 0.15) is 0 Å². The molecule has 4 aromatic rings. The van der Waals surface area contributed by atoms with E-state index < -0.39 is 14.2 Å². The minimum Gasteiger partial charge on any atom is -0.399 e. The van der Waals surface area contributed by atoms with Crippen molar-refractivity contribution in [2.45, 2.75) is 77.8 Å². The Bertz CT molecular complexity index is 1420. The van der Waals surface area contributed by atoms with E-state index in [2.05, 4.69) is 116 Å². The van der Waals surface area contributed by atoms with Crippen molar-refractivity contribution < 1.29 is 18.6 Å². The third-order valence-corrected chi connectivity index (χ3v) is 8.94. The molecule has 0 aromatic heterocycles. The summed E-state index contributed by atoms with van der Waals surface area (Å²) in [5.41, 5.74) is 0.553. The summed E-state index contributed by atoms with van der Waals surface area (Å²) < 4.78 is 25.5. The Morgan fingerprint density at radius 2 is 0.722 bits per heavy atom. The van der Waals surface area contributed by atoms with Crippen LogP contribution >= 0.6 is 0 Å². The van der Waals surface area contributed by atoms with Crippen LogP contribution in [0.5, 0.6) is 0 Å². The predicted octanol–water partition coefficient (Wildman–Crippen LogP) is 5.74. The largest absolute Gasteiger partial charge is 0.494 e. The Labute approximate surface area is 214 Å². The standard InChI is InChI=1S/C30H34B2O4/c1-27(2)28(3,4)34-31(33-27)19-13-15-23-21-11-9-10-12-22(21)25-17-20(14-16-24(25)26(23)18-19)32-35-29(5,6)30(7,8)36-32/h9-18H,1-8H3. The SMILES string of the molecule is CC1(C)OB(c2ccc3c(c2)c2ccccc2c2ccc(B4OC(C)(C)C(C)(C)O4)cc23)OC1(C)C. The van der Waals surface area contributed by atoms with Gasteiger partial charge in [0.25, 0.3) is 0 Å². The highest BCUT2D eigenvalue weighted by Crippen LogP contribution is 2.39. The molecule has 4 nitrogen and oxygen atoms in total. The Morgan fingerprint density at radius 3 is 1.11 bits per heavy atom. The topological polar surface area (TPSA) is 36.9 Å². The van der Waals surface area contributed by atoms with Crippen molar-refractivity contribution in [2.75, 3.05) is 0 Å². The third-order valence-electron chi connectivity index (χ3n) is 8.94. The van der Waals surface area contributed by atoms with E-state index in [4.69, 9.17) is 18.6 Å². The Balaban J connectivity index is 1.53. The predicted molar refractivity (Wildman–Crippen MR) is 150 cm³/mol. The Hall–Kier alpha value is -2.37. The highest BCUT2D eigenvalue weighted by Gasteiger charge is 2.52. The summed E-state index contributed by atoms with van der Waals surface area (Å²) in [6.07, 6.45) is 0. The quantitative estimate of drug-likeness (QED) is 0.271. The van der Waals surface area contributed by atoms with E-state index in [0.29, 0.717) is 0 Å². The monoisotopic (exact) mass is 480 g/mol. The van der Waals surface area contributed by atoms with Crippen molar-refractivity contribution >= 4 is 57.5 Å². The molecule has 0 spiro atoms. The molecule has 2 heterocycles. The molecule has 6 rings (SSSR count). The van der Waals surface area contributed by atoms with Crippen molar-refractivity contribution in [1.29, 1.82) is 0 Å². The molecule has 4 aromatic carbocycles. The van der Waals surface area contributed by atoms with Gasteiger partial charge in [-0.05, 0) is 98.6 Å². The normalized spacial score (nSPS) is 22.2. The summed E-state index contributed by atoms with van der Waals surface area (Å²) >= 11 is 0. The van der Waals surface area contributed by atoms with Gasteiger partial charge >= 0.3 is 14.2 Å². The molecule has 0 saturated carbocycles. The molecule has 36 heavy (non-hydrogen) atoms. The summed E-state index contributed by atoms with van der Waals surface area (Å²) in [6.45, 7) is 16.7. The van der Waals surface area contributed by atoms with Crippen LogP contribution in [-0.2, 0) is 18.6 Å². The van der Waals surface area contributed by atoms with E-state index in [0.717, 1.165) is 10.9 Å². The first-order chi connectivity index (χ1) is 16.8. The summed E-state index contributed by atoms with van der Waals surface area (Å²) in [5, 5.41) is 7.25. The van der Waals surface area contributed by atoms with Crippen LogP contribution in [0.2, 0.25) is 0 Å². The maximum atomic E-state index is 6.37. The lowest BCUT2D eigenvalue weighted by atomic mass is 9.75. The van der Waals surface area contributed by atoms with Crippen molar-refractivity contribution in [1.82, 2.24) is 0 Å². The second kappa shape index (κ2) is 7.58. The average Bonchev–Trinajstić information content (AvgIpc) is 3.18. The fourth-order valence-electron chi connectivity index (χ4n) is 5.24. The van der Waals surface area contributed by atoms with Gasteiger partial charge < -0.3 is 18.6 Å². The molecule has 2 aliphatic heterocycles. The van der Waals surface area contributed by atoms with E-state index in [1.807, 2.05) is 0 Å². The number of rotatable bonds is 2. The first-order valence-electron chi connectivity index (χ1n) is 12.9. The highest BCUT2D eigenvalue weighted by molar-refractivity contribution is 6.63. The summed E-state index contributed by atoms with van der Waals surface area (Å²) in [4.78, 5) is 0. The molecule has 0 radical (unpaired) electrons. The van der Waals surface area contributed by atoms with E-state index in [-0.39, 0.29) is 22.4 Å². The average molecular weight is 480 g/mol. The third kappa shape index (κ3) is 3.46. The molecule has 0 bridgehead atoms. The molecule has 0 amide bonds. The Kier molecular flexibility index (Phi) is 5.05. The van der Waals surface area contributed by atoms with Crippen LogP contribution in [0.4, 0.5) is 0 Å². The van der Waals surface area contributed by atoms with Gasteiger partial charge in [-0.25, -0.2) is 0 Å². The van der Waals surface area contributed by atoms with E-state index in [1.165, 1.54) is 32.3 Å². The molecule has 2 fully saturated rings. The van der Waals surface area contributed by atoms with Crippen molar-refractivity contribution in [2.24, 2.45) is 0 Å².